The predicted molar refractivity (Wildman–Crippen MR) is 69.5 cm³/mol. The third-order valence-electron chi connectivity index (χ3n) is 4.11. The molecule has 10 nitrogen and oxygen atoms in total. The normalized spacial score (nSPS) is 49.5. The van der Waals surface area contributed by atoms with E-state index in [9.17, 15) is 25.5 Å². The Kier molecular flexibility index (Phi) is 6.07. The van der Waals surface area contributed by atoms with Crippen molar-refractivity contribution in [1.82, 2.24) is 5.32 Å². The minimum atomic E-state index is -1.60. The standard InChI is InChI=1S/C12H23NO9/c14-1-4-7(17)11(5(2-15)13-4)22-12-10(20)9(19)8(18)6(3-16)21-12/h4-20H,1-3H2/t4-,5-,6-,7-,8-,9+,10-,11-,12+/m1/s1. The molecular weight excluding hydrogens is 302 g/mol. The minimum absolute atomic E-state index is 0.383. The molecule has 0 saturated carbocycles. The Morgan fingerprint density at radius 3 is 1.95 bits per heavy atom. The van der Waals surface area contributed by atoms with Crippen molar-refractivity contribution >= 4 is 0 Å². The summed E-state index contributed by atoms with van der Waals surface area (Å²) in [5.74, 6) is 0. The van der Waals surface area contributed by atoms with Gasteiger partial charge in [-0.3, -0.25) is 0 Å². The van der Waals surface area contributed by atoms with Crippen molar-refractivity contribution < 1.29 is 45.2 Å². The lowest BCUT2D eigenvalue weighted by Gasteiger charge is -2.41. The van der Waals surface area contributed by atoms with Crippen LogP contribution in [0, 0.1) is 0 Å². The van der Waals surface area contributed by atoms with E-state index in [1.807, 2.05) is 0 Å². The maximum Gasteiger partial charge on any atom is 0.187 e. The van der Waals surface area contributed by atoms with Gasteiger partial charge in [0.15, 0.2) is 6.29 Å². The summed E-state index contributed by atoms with van der Waals surface area (Å²) < 4.78 is 10.6. The van der Waals surface area contributed by atoms with Gasteiger partial charge in [-0.25, -0.2) is 0 Å². The number of rotatable bonds is 5. The van der Waals surface area contributed by atoms with Crippen molar-refractivity contribution in [3.8, 4) is 0 Å². The molecule has 0 aromatic carbocycles. The summed E-state index contributed by atoms with van der Waals surface area (Å²) in [6.07, 6.45) is -9.43. The Morgan fingerprint density at radius 2 is 1.41 bits per heavy atom. The Hall–Kier alpha value is -0.400. The summed E-state index contributed by atoms with van der Waals surface area (Å²) in [6.45, 7) is -1.37. The topological polar surface area (TPSA) is 172 Å². The fraction of sp³-hybridized carbons (Fsp3) is 1.00. The van der Waals surface area contributed by atoms with Gasteiger partial charge in [0, 0.05) is 0 Å². The second-order valence-electron chi connectivity index (χ2n) is 5.53. The van der Waals surface area contributed by atoms with Gasteiger partial charge in [0.2, 0.25) is 0 Å². The molecule has 0 amide bonds. The van der Waals surface area contributed by atoms with Crippen LogP contribution in [0.5, 0.6) is 0 Å². The quantitative estimate of drug-likeness (QED) is 0.244. The zero-order valence-corrected chi connectivity index (χ0v) is 11.8. The van der Waals surface area contributed by atoms with Crippen LogP contribution in [-0.2, 0) is 9.47 Å². The predicted octanol–water partition coefficient (Wildman–Crippen LogP) is -5.14. The minimum Gasteiger partial charge on any atom is -0.395 e. The summed E-state index contributed by atoms with van der Waals surface area (Å²) in [6, 6.07) is -1.42. The Bertz CT molecular complexity index is 355. The number of hydrogen-bond donors (Lipinski definition) is 8. The Labute approximate surface area is 126 Å². The van der Waals surface area contributed by atoms with Gasteiger partial charge >= 0.3 is 0 Å². The molecule has 0 aromatic heterocycles. The van der Waals surface area contributed by atoms with Crippen molar-refractivity contribution in [2.45, 2.75) is 55.0 Å². The Balaban J connectivity index is 2.07. The summed E-state index contributed by atoms with van der Waals surface area (Å²) in [4.78, 5) is 0. The summed E-state index contributed by atoms with van der Waals surface area (Å²) in [7, 11) is 0. The lowest BCUT2D eigenvalue weighted by atomic mass is 9.99. The first-order valence-electron chi connectivity index (χ1n) is 7.06. The number of nitrogens with one attached hydrogen (secondary N) is 1. The van der Waals surface area contributed by atoms with Gasteiger partial charge < -0.3 is 50.5 Å². The fourth-order valence-electron chi connectivity index (χ4n) is 2.76. The van der Waals surface area contributed by atoms with Crippen LogP contribution in [0.15, 0.2) is 0 Å². The van der Waals surface area contributed by atoms with Gasteiger partial charge in [0.25, 0.3) is 0 Å². The van der Waals surface area contributed by atoms with Crippen LogP contribution >= 0.6 is 0 Å². The molecule has 2 aliphatic heterocycles. The first-order valence-corrected chi connectivity index (χ1v) is 7.06. The highest BCUT2D eigenvalue weighted by molar-refractivity contribution is 5.00. The van der Waals surface area contributed by atoms with Crippen LogP contribution in [0.1, 0.15) is 0 Å². The first-order chi connectivity index (χ1) is 10.4. The molecule has 130 valence electrons. The van der Waals surface area contributed by atoms with E-state index in [2.05, 4.69) is 5.32 Å². The van der Waals surface area contributed by atoms with E-state index in [0.717, 1.165) is 0 Å². The van der Waals surface area contributed by atoms with Crippen LogP contribution in [0.2, 0.25) is 0 Å². The van der Waals surface area contributed by atoms with E-state index in [4.69, 9.17) is 19.7 Å². The van der Waals surface area contributed by atoms with Gasteiger partial charge in [-0.15, -0.1) is 0 Å². The first kappa shape index (κ1) is 17.9. The maximum atomic E-state index is 10.1. The summed E-state index contributed by atoms with van der Waals surface area (Å²) in [5, 5.41) is 69.6. The molecular formula is C12H23NO9. The van der Waals surface area contributed by atoms with Gasteiger partial charge in [0.1, 0.15) is 30.5 Å². The number of aliphatic hydroxyl groups excluding tert-OH is 7. The van der Waals surface area contributed by atoms with Gasteiger partial charge in [0.05, 0.1) is 38.0 Å². The highest BCUT2D eigenvalue weighted by atomic mass is 16.7. The van der Waals surface area contributed by atoms with E-state index in [-0.39, 0.29) is 6.61 Å². The van der Waals surface area contributed by atoms with Crippen LogP contribution in [-0.4, -0.2) is 111 Å². The lowest BCUT2D eigenvalue weighted by molar-refractivity contribution is -0.316. The van der Waals surface area contributed by atoms with E-state index >= 15 is 0 Å². The van der Waals surface area contributed by atoms with Crippen LogP contribution in [0.3, 0.4) is 0 Å². The van der Waals surface area contributed by atoms with Crippen molar-refractivity contribution in [2.75, 3.05) is 19.8 Å². The Morgan fingerprint density at radius 1 is 0.773 bits per heavy atom. The van der Waals surface area contributed by atoms with Crippen molar-refractivity contribution in [3.63, 3.8) is 0 Å². The molecule has 2 saturated heterocycles. The van der Waals surface area contributed by atoms with E-state index in [0.29, 0.717) is 0 Å². The smallest absolute Gasteiger partial charge is 0.187 e. The lowest BCUT2D eigenvalue weighted by Crippen LogP contribution is -2.60. The van der Waals surface area contributed by atoms with Crippen LogP contribution in [0.25, 0.3) is 0 Å². The van der Waals surface area contributed by atoms with Gasteiger partial charge in [-0.2, -0.15) is 0 Å². The largest absolute Gasteiger partial charge is 0.395 e. The molecule has 2 rings (SSSR count). The van der Waals surface area contributed by atoms with Gasteiger partial charge in [-0.1, -0.05) is 0 Å². The van der Waals surface area contributed by atoms with Crippen molar-refractivity contribution in [1.29, 1.82) is 0 Å². The zero-order chi connectivity index (χ0) is 16.4. The third-order valence-corrected chi connectivity index (χ3v) is 4.11. The second kappa shape index (κ2) is 7.45. The average molecular weight is 325 g/mol. The number of aliphatic hydroxyl groups is 7. The molecule has 10 heteroatoms. The van der Waals surface area contributed by atoms with Crippen molar-refractivity contribution in [2.24, 2.45) is 0 Å². The van der Waals surface area contributed by atoms with Crippen LogP contribution < -0.4 is 5.32 Å². The second-order valence-corrected chi connectivity index (χ2v) is 5.53. The summed E-state index contributed by atoms with van der Waals surface area (Å²) in [5.41, 5.74) is 0. The van der Waals surface area contributed by atoms with E-state index in [1.165, 1.54) is 0 Å². The fourth-order valence-corrected chi connectivity index (χ4v) is 2.76. The van der Waals surface area contributed by atoms with Gasteiger partial charge in [-0.05, 0) is 0 Å². The highest BCUT2D eigenvalue weighted by Gasteiger charge is 2.49. The molecule has 2 fully saturated rings. The third kappa shape index (κ3) is 3.26. The molecule has 0 bridgehead atoms. The molecule has 22 heavy (non-hydrogen) atoms. The molecule has 0 aliphatic carbocycles. The molecule has 0 radical (unpaired) electrons. The monoisotopic (exact) mass is 325 g/mol. The number of hydrogen-bond acceptors (Lipinski definition) is 10. The van der Waals surface area contributed by atoms with E-state index in [1.54, 1.807) is 0 Å². The highest BCUT2D eigenvalue weighted by Crippen LogP contribution is 2.26. The number of ether oxygens (including phenoxy) is 2. The molecule has 0 unspecified atom stereocenters. The maximum absolute atomic E-state index is 10.1. The van der Waals surface area contributed by atoms with Crippen LogP contribution in [0.4, 0.5) is 0 Å². The zero-order valence-electron chi connectivity index (χ0n) is 11.8. The molecule has 2 heterocycles. The molecule has 2 aliphatic rings. The van der Waals surface area contributed by atoms with E-state index < -0.39 is 68.2 Å². The molecule has 9 atom stereocenters. The summed E-state index contributed by atoms with van der Waals surface area (Å²) >= 11 is 0. The van der Waals surface area contributed by atoms with Crippen molar-refractivity contribution in [3.05, 3.63) is 0 Å². The molecule has 8 N–H and O–H groups in total. The SMILES string of the molecule is OC[C@H]1N[C@H](CO)[C@@H](O[C@@H]2O[C@H](CO)[C@@H](O)[C@H](O)[C@H]2O)[C@@H]1O. The average Bonchev–Trinajstić information content (AvgIpc) is 2.83. The molecule has 0 spiro atoms. The molecule has 0 aromatic rings.